The third kappa shape index (κ3) is 5.29. The molecule has 7 nitrogen and oxygen atoms in total. The molecule has 2 aromatic carbocycles. The average Bonchev–Trinajstić information content (AvgIpc) is 3.11. The zero-order valence-corrected chi connectivity index (χ0v) is 17.2. The van der Waals surface area contributed by atoms with Gasteiger partial charge in [-0.3, -0.25) is 4.90 Å². The van der Waals surface area contributed by atoms with Gasteiger partial charge in [0.2, 0.25) is 11.7 Å². The summed E-state index contributed by atoms with van der Waals surface area (Å²) in [6, 6.07) is 14.5. The molecule has 1 fully saturated rings. The van der Waals surface area contributed by atoms with E-state index in [1.54, 1.807) is 25.3 Å². The molecule has 1 aliphatic heterocycles. The molecule has 0 bridgehead atoms. The number of methoxy groups -OCH3 is 1. The van der Waals surface area contributed by atoms with Gasteiger partial charge in [-0.25, -0.2) is 0 Å². The monoisotopic (exact) mass is 430 g/mol. The number of alkyl halides is 2. The maximum absolute atomic E-state index is 12.7. The minimum atomic E-state index is -2.92. The molecular formula is C22H24F2N4O3. The van der Waals surface area contributed by atoms with E-state index in [0.29, 0.717) is 18.0 Å². The Kier molecular flexibility index (Phi) is 6.61. The molecule has 1 aliphatic rings. The highest BCUT2D eigenvalue weighted by Crippen LogP contribution is 2.29. The molecule has 9 heteroatoms. The molecule has 1 saturated heterocycles. The zero-order chi connectivity index (χ0) is 21.6. The van der Waals surface area contributed by atoms with Crippen molar-refractivity contribution in [3.8, 4) is 22.9 Å². The van der Waals surface area contributed by atoms with E-state index in [0.717, 1.165) is 38.3 Å². The fourth-order valence-electron chi connectivity index (χ4n) is 3.65. The third-order valence-electron chi connectivity index (χ3n) is 5.20. The Labute approximate surface area is 179 Å². The second-order valence-electron chi connectivity index (χ2n) is 7.20. The van der Waals surface area contributed by atoms with Crippen LogP contribution < -0.4 is 14.4 Å². The minimum Gasteiger partial charge on any atom is -0.497 e. The number of nitrogens with zero attached hydrogens (tertiary/aromatic N) is 4. The molecule has 164 valence electrons. The molecule has 0 spiro atoms. The predicted molar refractivity (Wildman–Crippen MR) is 111 cm³/mol. The fraction of sp³-hybridized carbons (Fsp3) is 0.364. The summed E-state index contributed by atoms with van der Waals surface area (Å²) < 4.78 is 40.5. The van der Waals surface area contributed by atoms with E-state index in [2.05, 4.69) is 36.8 Å². The highest BCUT2D eigenvalue weighted by atomic mass is 19.3. The van der Waals surface area contributed by atoms with Gasteiger partial charge in [0.05, 0.1) is 19.2 Å². The Balaban J connectivity index is 1.39. The first-order valence-electron chi connectivity index (χ1n) is 10.1. The summed E-state index contributed by atoms with van der Waals surface area (Å²) in [4.78, 5) is 8.99. The number of para-hydroxylation sites is 1. The van der Waals surface area contributed by atoms with Crippen LogP contribution in [0, 0.1) is 0 Å². The number of halogens is 2. The van der Waals surface area contributed by atoms with Gasteiger partial charge in [0, 0.05) is 31.9 Å². The van der Waals surface area contributed by atoms with Gasteiger partial charge < -0.3 is 18.9 Å². The van der Waals surface area contributed by atoms with Gasteiger partial charge in [0.1, 0.15) is 11.5 Å². The third-order valence-corrected chi connectivity index (χ3v) is 5.20. The number of hydrogen-bond acceptors (Lipinski definition) is 7. The van der Waals surface area contributed by atoms with Crippen LogP contribution in [0.4, 0.5) is 14.5 Å². The highest BCUT2D eigenvalue weighted by molar-refractivity contribution is 5.63. The summed E-state index contributed by atoms with van der Waals surface area (Å²) in [5.41, 5.74) is 1.54. The Morgan fingerprint density at radius 3 is 2.61 bits per heavy atom. The van der Waals surface area contributed by atoms with Gasteiger partial charge in [-0.05, 0) is 42.8 Å². The van der Waals surface area contributed by atoms with Crippen molar-refractivity contribution in [1.29, 1.82) is 0 Å². The van der Waals surface area contributed by atoms with E-state index in [-0.39, 0.29) is 11.6 Å². The number of rotatable bonds is 7. The topological polar surface area (TPSA) is 63.9 Å². The van der Waals surface area contributed by atoms with E-state index in [4.69, 9.17) is 9.26 Å². The zero-order valence-electron chi connectivity index (χ0n) is 17.2. The molecule has 0 atom stereocenters. The standard InChI is InChI=1S/C22H24F2N4O3/c1-29-17-9-7-16(8-10-17)28-12-4-11-27(13-14-28)15-20-25-21(26-31-20)18-5-2-3-6-19(18)30-22(23)24/h2-3,5-10,22H,4,11-15H2,1H3. The lowest BCUT2D eigenvalue weighted by Crippen LogP contribution is -2.30. The Morgan fingerprint density at radius 1 is 1.03 bits per heavy atom. The summed E-state index contributed by atoms with van der Waals surface area (Å²) in [5.74, 6) is 1.54. The number of benzene rings is 2. The summed E-state index contributed by atoms with van der Waals surface area (Å²) in [5, 5.41) is 3.96. The van der Waals surface area contributed by atoms with Gasteiger partial charge in [0.15, 0.2) is 0 Å². The second-order valence-corrected chi connectivity index (χ2v) is 7.20. The molecule has 0 amide bonds. The molecule has 3 aromatic rings. The van der Waals surface area contributed by atoms with Crippen LogP contribution in [-0.4, -0.2) is 54.9 Å². The molecule has 2 heterocycles. The van der Waals surface area contributed by atoms with Gasteiger partial charge in [-0.1, -0.05) is 17.3 Å². The maximum atomic E-state index is 12.7. The second kappa shape index (κ2) is 9.74. The van der Waals surface area contributed by atoms with Crippen molar-refractivity contribution >= 4 is 5.69 Å². The average molecular weight is 430 g/mol. The molecule has 1 aromatic heterocycles. The van der Waals surface area contributed by atoms with E-state index in [1.165, 1.54) is 11.8 Å². The van der Waals surface area contributed by atoms with Crippen LogP contribution in [0.15, 0.2) is 53.1 Å². The van der Waals surface area contributed by atoms with Gasteiger partial charge in [-0.2, -0.15) is 13.8 Å². The maximum Gasteiger partial charge on any atom is 0.387 e. The van der Waals surface area contributed by atoms with Crippen molar-refractivity contribution < 1.29 is 22.8 Å². The lowest BCUT2D eigenvalue weighted by molar-refractivity contribution is -0.0494. The summed E-state index contributed by atoms with van der Waals surface area (Å²) in [6.07, 6.45) is 0.998. The molecule has 0 N–H and O–H groups in total. The van der Waals surface area contributed by atoms with E-state index >= 15 is 0 Å². The van der Waals surface area contributed by atoms with E-state index < -0.39 is 6.61 Å². The van der Waals surface area contributed by atoms with Gasteiger partial charge in [-0.15, -0.1) is 0 Å². The molecule has 0 unspecified atom stereocenters. The van der Waals surface area contributed by atoms with Crippen LogP contribution in [0.1, 0.15) is 12.3 Å². The highest BCUT2D eigenvalue weighted by Gasteiger charge is 2.20. The summed E-state index contributed by atoms with van der Waals surface area (Å²) in [6.45, 7) is 1.15. The number of hydrogen-bond donors (Lipinski definition) is 0. The first-order valence-corrected chi connectivity index (χ1v) is 10.1. The molecule has 31 heavy (non-hydrogen) atoms. The van der Waals surface area contributed by atoms with Crippen molar-refractivity contribution in [3.05, 3.63) is 54.4 Å². The van der Waals surface area contributed by atoms with Gasteiger partial charge in [0.25, 0.3) is 0 Å². The first-order chi connectivity index (χ1) is 15.1. The van der Waals surface area contributed by atoms with Crippen LogP contribution in [0.25, 0.3) is 11.4 Å². The van der Waals surface area contributed by atoms with Crippen molar-refractivity contribution in [3.63, 3.8) is 0 Å². The van der Waals surface area contributed by atoms with Crippen molar-refractivity contribution in [1.82, 2.24) is 15.0 Å². The van der Waals surface area contributed by atoms with Crippen LogP contribution in [0.5, 0.6) is 11.5 Å². The SMILES string of the molecule is COc1ccc(N2CCCN(Cc3nc(-c4ccccc4OC(F)F)no3)CC2)cc1. The van der Waals surface area contributed by atoms with Crippen molar-refractivity contribution in [2.75, 3.05) is 38.2 Å². The minimum absolute atomic E-state index is 0.0229. The predicted octanol–water partition coefficient (Wildman–Crippen LogP) is 4.06. The Hall–Kier alpha value is -3.20. The number of ether oxygens (including phenoxy) is 2. The normalized spacial score (nSPS) is 15.2. The van der Waals surface area contributed by atoms with E-state index in [9.17, 15) is 8.78 Å². The molecule has 0 radical (unpaired) electrons. The smallest absolute Gasteiger partial charge is 0.387 e. The Bertz CT molecular complexity index is 981. The van der Waals surface area contributed by atoms with Crippen molar-refractivity contribution in [2.24, 2.45) is 0 Å². The first kappa shape index (κ1) is 21.0. The lowest BCUT2D eigenvalue weighted by Gasteiger charge is -2.23. The largest absolute Gasteiger partial charge is 0.497 e. The van der Waals surface area contributed by atoms with Crippen LogP contribution in [-0.2, 0) is 6.54 Å². The molecule has 0 saturated carbocycles. The quantitative estimate of drug-likeness (QED) is 0.560. The molecule has 0 aliphatic carbocycles. The molecule has 4 rings (SSSR count). The van der Waals surface area contributed by atoms with Gasteiger partial charge >= 0.3 is 6.61 Å². The van der Waals surface area contributed by atoms with Crippen LogP contribution in [0.2, 0.25) is 0 Å². The fourth-order valence-corrected chi connectivity index (χ4v) is 3.65. The van der Waals surface area contributed by atoms with Crippen LogP contribution >= 0.6 is 0 Å². The summed E-state index contributed by atoms with van der Waals surface area (Å²) >= 11 is 0. The number of aromatic nitrogens is 2. The van der Waals surface area contributed by atoms with E-state index in [1.807, 2.05) is 12.1 Å². The van der Waals surface area contributed by atoms with Crippen LogP contribution in [0.3, 0.4) is 0 Å². The number of anilines is 1. The summed E-state index contributed by atoms with van der Waals surface area (Å²) in [7, 11) is 1.66. The Morgan fingerprint density at radius 2 is 1.84 bits per heavy atom. The molecular weight excluding hydrogens is 406 g/mol. The lowest BCUT2D eigenvalue weighted by atomic mass is 10.2. The van der Waals surface area contributed by atoms with Crippen molar-refractivity contribution in [2.45, 2.75) is 19.6 Å².